The molecule has 4 rings (SSSR count). The summed E-state index contributed by atoms with van der Waals surface area (Å²) < 4.78 is 80.6. The lowest BCUT2D eigenvalue weighted by Gasteiger charge is -2.12. The minimum Gasteiger partial charge on any atom is -0.298 e. The first-order valence-electron chi connectivity index (χ1n) is 9.65. The fraction of sp³-hybridized carbons (Fsp3) is 0.136. The van der Waals surface area contributed by atoms with Gasteiger partial charge in [0.1, 0.15) is 0 Å². The molecule has 0 bridgehead atoms. The number of rotatable bonds is 5. The zero-order chi connectivity index (χ0) is 24.5. The Morgan fingerprint density at radius 1 is 0.941 bits per heavy atom. The number of halogens is 6. The molecule has 34 heavy (non-hydrogen) atoms. The highest BCUT2D eigenvalue weighted by Gasteiger charge is 2.40. The van der Waals surface area contributed by atoms with Gasteiger partial charge in [-0.25, -0.2) is 9.67 Å². The highest BCUT2D eigenvalue weighted by Crippen LogP contribution is 2.34. The Balaban J connectivity index is 1.54. The SMILES string of the molecule is O=C(Nc1ncc(Cc2cccc(C(F)(F)F)c2)s1)c1cnn(-c2ccccc2)c1C(F)(F)F. The molecular weight excluding hydrogens is 482 g/mol. The van der Waals surface area contributed by atoms with Gasteiger partial charge in [0.15, 0.2) is 10.8 Å². The number of carbonyl (C=O) groups is 1. The summed E-state index contributed by atoms with van der Waals surface area (Å²) >= 11 is 0.948. The molecule has 0 fully saturated rings. The maximum Gasteiger partial charge on any atom is 0.434 e. The molecule has 0 aliphatic heterocycles. The molecule has 2 aromatic carbocycles. The largest absolute Gasteiger partial charge is 0.434 e. The molecule has 1 N–H and O–H groups in total. The average Bonchev–Trinajstić information content (AvgIpc) is 3.41. The van der Waals surface area contributed by atoms with Gasteiger partial charge in [0.2, 0.25) is 0 Å². The maximum absolute atomic E-state index is 13.8. The van der Waals surface area contributed by atoms with Crippen molar-refractivity contribution in [2.45, 2.75) is 18.8 Å². The third-order valence-electron chi connectivity index (χ3n) is 4.69. The van der Waals surface area contributed by atoms with Crippen molar-refractivity contribution >= 4 is 22.4 Å². The van der Waals surface area contributed by atoms with Gasteiger partial charge in [0, 0.05) is 17.5 Å². The summed E-state index contributed by atoms with van der Waals surface area (Å²) in [7, 11) is 0. The predicted octanol–water partition coefficient (Wildman–Crippen LogP) is 6.21. The van der Waals surface area contributed by atoms with Crippen LogP contribution in [0.15, 0.2) is 67.0 Å². The summed E-state index contributed by atoms with van der Waals surface area (Å²) in [4.78, 5) is 17.1. The second kappa shape index (κ2) is 8.93. The monoisotopic (exact) mass is 496 g/mol. The third-order valence-corrected chi connectivity index (χ3v) is 5.60. The van der Waals surface area contributed by atoms with E-state index < -0.39 is 35.1 Å². The van der Waals surface area contributed by atoms with Gasteiger partial charge in [-0.3, -0.25) is 10.1 Å². The summed E-state index contributed by atoms with van der Waals surface area (Å²) in [6.07, 6.45) is -7.07. The van der Waals surface area contributed by atoms with E-state index in [4.69, 9.17) is 0 Å². The van der Waals surface area contributed by atoms with Gasteiger partial charge in [-0.2, -0.15) is 31.4 Å². The van der Waals surface area contributed by atoms with Crippen LogP contribution in [0, 0.1) is 0 Å². The first-order chi connectivity index (χ1) is 16.0. The molecule has 0 atom stereocenters. The number of hydrogen-bond acceptors (Lipinski definition) is 4. The van der Waals surface area contributed by atoms with Crippen LogP contribution in [0.4, 0.5) is 31.5 Å². The van der Waals surface area contributed by atoms with E-state index in [1.165, 1.54) is 30.5 Å². The topological polar surface area (TPSA) is 59.8 Å². The smallest absolute Gasteiger partial charge is 0.298 e. The number of nitrogens with zero attached hydrogens (tertiary/aromatic N) is 3. The predicted molar refractivity (Wildman–Crippen MR) is 113 cm³/mol. The number of carbonyl (C=O) groups excluding carboxylic acids is 1. The third kappa shape index (κ3) is 5.11. The number of aromatic nitrogens is 3. The molecule has 0 saturated heterocycles. The highest BCUT2D eigenvalue weighted by atomic mass is 32.1. The Bertz CT molecular complexity index is 1310. The Labute approximate surface area is 192 Å². The standard InChI is InChI=1S/C22H14F6N4OS/c23-21(24,25)14-6-4-5-13(9-14)10-16-11-29-20(34-16)31-19(33)17-12-30-32(18(17)22(26,27)28)15-7-2-1-3-8-15/h1-9,11-12H,10H2,(H,29,31,33). The van der Waals surface area contributed by atoms with Crippen LogP contribution in [0.2, 0.25) is 0 Å². The van der Waals surface area contributed by atoms with Gasteiger partial charge < -0.3 is 0 Å². The molecule has 0 aliphatic carbocycles. The zero-order valence-corrected chi connectivity index (χ0v) is 17.8. The van der Waals surface area contributed by atoms with Crippen LogP contribution < -0.4 is 5.32 Å². The maximum atomic E-state index is 13.8. The number of anilines is 1. The molecule has 0 unspecified atom stereocenters. The lowest BCUT2D eigenvalue weighted by atomic mass is 10.1. The van der Waals surface area contributed by atoms with Crippen LogP contribution >= 0.6 is 11.3 Å². The molecule has 0 radical (unpaired) electrons. The van der Waals surface area contributed by atoms with Crippen molar-refractivity contribution in [2.24, 2.45) is 0 Å². The lowest BCUT2D eigenvalue weighted by molar-refractivity contribution is -0.143. The number of thiazole rings is 1. The van der Waals surface area contributed by atoms with Crippen LogP contribution in [-0.4, -0.2) is 20.7 Å². The van der Waals surface area contributed by atoms with E-state index in [1.807, 2.05) is 0 Å². The molecule has 12 heteroatoms. The van der Waals surface area contributed by atoms with Crippen molar-refractivity contribution in [3.63, 3.8) is 0 Å². The van der Waals surface area contributed by atoms with Crippen molar-refractivity contribution in [3.05, 3.63) is 94.3 Å². The van der Waals surface area contributed by atoms with Crippen LogP contribution in [0.1, 0.15) is 32.1 Å². The number of benzene rings is 2. The quantitative estimate of drug-likeness (QED) is 0.334. The van der Waals surface area contributed by atoms with Crippen LogP contribution in [0.5, 0.6) is 0 Å². The molecule has 5 nitrogen and oxygen atoms in total. The van der Waals surface area contributed by atoms with Crippen molar-refractivity contribution in [2.75, 3.05) is 5.32 Å². The number of para-hydroxylation sites is 1. The van der Waals surface area contributed by atoms with E-state index in [1.54, 1.807) is 18.2 Å². The van der Waals surface area contributed by atoms with Crippen molar-refractivity contribution < 1.29 is 31.1 Å². The Kier molecular flexibility index (Phi) is 6.17. The summed E-state index contributed by atoms with van der Waals surface area (Å²) in [5.74, 6) is -1.06. The summed E-state index contributed by atoms with van der Waals surface area (Å²) in [6.45, 7) is 0. The summed E-state index contributed by atoms with van der Waals surface area (Å²) in [5.41, 5.74) is -2.22. The van der Waals surface area contributed by atoms with Gasteiger partial charge in [-0.05, 0) is 23.8 Å². The second-order valence-corrected chi connectivity index (χ2v) is 8.23. The van der Waals surface area contributed by atoms with Crippen LogP contribution in [0.3, 0.4) is 0 Å². The second-order valence-electron chi connectivity index (χ2n) is 7.11. The summed E-state index contributed by atoms with van der Waals surface area (Å²) in [6, 6.07) is 12.3. The lowest BCUT2D eigenvalue weighted by Crippen LogP contribution is -2.20. The normalized spacial score (nSPS) is 12.1. The molecule has 2 aromatic heterocycles. The Morgan fingerprint density at radius 3 is 2.35 bits per heavy atom. The minimum atomic E-state index is -4.86. The molecule has 0 saturated carbocycles. The summed E-state index contributed by atoms with van der Waals surface area (Å²) in [5, 5.41) is 6.05. The average molecular weight is 496 g/mol. The van der Waals surface area contributed by atoms with Crippen molar-refractivity contribution in [3.8, 4) is 5.69 Å². The zero-order valence-electron chi connectivity index (χ0n) is 17.0. The van der Waals surface area contributed by atoms with Crippen molar-refractivity contribution in [1.29, 1.82) is 0 Å². The Morgan fingerprint density at radius 2 is 1.68 bits per heavy atom. The van der Waals surface area contributed by atoms with E-state index in [9.17, 15) is 31.1 Å². The van der Waals surface area contributed by atoms with Gasteiger partial charge in [-0.1, -0.05) is 36.4 Å². The fourth-order valence-corrected chi connectivity index (χ4v) is 4.06. The van der Waals surface area contributed by atoms with Gasteiger partial charge in [0.25, 0.3) is 5.91 Å². The molecule has 4 aromatic rings. The number of amides is 1. The molecule has 1 amide bonds. The molecule has 0 spiro atoms. The van der Waals surface area contributed by atoms with E-state index >= 15 is 0 Å². The molecule has 176 valence electrons. The van der Waals surface area contributed by atoms with Gasteiger partial charge in [0.05, 0.1) is 23.0 Å². The highest BCUT2D eigenvalue weighted by molar-refractivity contribution is 7.15. The fourth-order valence-electron chi connectivity index (χ4n) is 3.22. The number of nitrogens with one attached hydrogen (secondary N) is 1. The van der Waals surface area contributed by atoms with Crippen molar-refractivity contribution in [1.82, 2.24) is 14.8 Å². The van der Waals surface area contributed by atoms with E-state index in [0.717, 1.165) is 29.7 Å². The molecular formula is C22H14F6N4OS. The molecule has 0 aliphatic rings. The van der Waals surface area contributed by atoms with Crippen LogP contribution in [0.25, 0.3) is 5.69 Å². The molecule has 2 heterocycles. The number of alkyl halides is 6. The van der Waals surface area contributed by atoms with E-state index in [0.29, 0.717) is 15.1 Å². The first kappa shape index (κ1) is 23.5. The number of hydrogen-bond donors (Lipinski definition) is 1. The van der Waals surface area contributed by atoms with Crippen LogP contribution in [-0.2, 0) is 18.8 Å². The Hall–Kier alpha value is -3.67. The first-order valence-corrected chi connectivity index (χ1v) is 10.5. The van der Waals surface area contributed by atoms with E-state index in [-0.39, 0.29) is 17.2 Å². The van der Waals surface area contributed by atoms with Gasteiger partial charge in [-0.15, -0.1) is 11.3 Å². The van der Waals surface area contributed by atoms with E-state index in [2.05, 4.69) is 15.4 Å². The van der Waals surface area contributed by atoms with Gasteiger partial charge >= 0.3 is 12.4 Å². The minimum absolute atomic E-state index is 0.00700.